The lowest BCUT2D eigenvalue weighted by Crippen LogP contribution is -2.35. The van der Waals surface area contributed by atoms with Crippen LogP contribution in [0.3, 0.4) is 0 Å². The lowest BCUT2D eigenvalue weighted by atomic mass is 10.1. The number of ether oxygens (including phenoxy) is 1. The van der Waals surface area contributed by atoms with Crippen LogP contribution in [0.5, 0.6) is 0 Å². The van der Waals surface area contributed by atoms with Crippen LogP contribution in [-0.2, 0) is 4.74 Å². The molecule has 0 N–H and O–H groups in total. The Labute approximate surface area is 144 Å². The molecule has 0 radical (unpaired) electrons. The Balaban J connectivity index is 1.77. The van der Waals surface area contributed by atoms with Gasteiger partial charge in [0.25, 0.3) is 5.91 Å². The quantitative estimate of drug-likeness (QED) is 0.735. The molecular weight excluding hydrogens is 322 g/mol. The van der Waals surface area contributed by atoms with Crippen LogP contribution in [-0.4, -0.2) is 41.8 Å². The zero-order chi connectivity index (χ0) is 16.4. The molecule has 5 nitrogen and oxygen atoms in total. The standard InChI is InChI=1S/C18H17N3O2S/c22-17(21-7-6-19-13-21)16-12-15(14-4-2-1-3-5-14)18(24-16)20-8-10-23-11-9-20/h1-7,12-13H,8-11H2. The summed E-state index contributed by atoms with van der Waals surface area (Å²) in [6.07, 6.45) is 4.84. The summed E-state index contributed by atoms with van der Waals surface area (Å²) < 4.78 is 6.98. The molecule has 0 unspecified atom stereocenters. The fourth-order valence-electron chi connectivity index (χ4n) is 2.82. The van der Waals surface area contributed by atoms with E-state index in [-0.39, 0.29) is 5.91 Å². The number of nitrogens with zero attached hydrogens (tertiary/aromatic N) is 3. The first-order chi connectivity index (χ1) is 11.8. The number of thiophene rings is 1. The van der Waals surface area contributed by atoms with Crippen molar-refractivity contribution >= 4 is 22.2 Å². The van der Waals surface area contributed by atoms with E-state index in [0.717, 1.165) is 42.4 Å². The average molecular weight is 339 g/mol. The second-order valence-electron chi connectivity index (χ2n) is 5.57. The van der Waals surface area contributed by atoms with Crippen molar-refractivity contribution in [2.75, 3.05) is 31.2 Å². The average Bonchev–Trinajstić information content (AvgIpc) is 3.33. The van der Waals surface area contributed by atoms with Crippen molar-refractivity contribution in [3.8, 4) is 11.1 Å². The summed E-state index contributed by atoms with van der Waals surface area (Å²) in [6.45, 7) is 3.13. The summed E-state index contributed by atoms with van der Waals surface area (Å²) in [5, 5.41) is 1.13. The van der Waals surface area contributed by atoms with Gasteiger partial charge in [-0.2, -0.15) is 0 Å². The molecular formula is C18H17N3O2S. The van der Waals surface area contributed by atoms with E-state index in [9.17, 15) is 4.79 Å². The summed E-state index contributed by atoms with van der Waals surface area (Å²) in [4.78, 5) is 19.7. The SMILES string of the molecule is O=C(c1cc(-c2ccccc2)c(N2CCOCC2)s1)n1ccnc1. The van der Waals surface area contributed by atoms with Crippen LogP contribution >= 0.6 is 11.3 Å². The van der Waals surface area contributed by atoms with Crippen LogP contribution in [0.1, 0.15) is 9.67 Å². The molecule has 3 aromatic rings. The highest BCUT2D eigenvalue weighted by Gasteiger charge is 2.22. The number of imidazole rings is 1. The van der Waals surface area contributed by atoms with Crippen LogP contribution in [0.2, 0.25) is 0 Å². The van der Waals surface area contributed by atoms with Crippen LogP contribution in [0.4, 0.5) is 5.00 Å². The molecule has 0 bridgehead atoms. The molecule has 0 spiro atoms. The third-order valence-electron chi connectivity index (χ3n) is 4.05. The number of rotatable bonds is 3. The predicted molar refractivity (Wildman–Crippen MR) is 94.7 cm³/mol. The highest BCUT2D eigenvalue weighted by atomic mass is 32.1. The largest absolute Gasteiger partial charge is 0.378 e. The normalized spacial score (nSPS) is 14.8. The smallest absolute Gasteiger partial charge is 0.273 e. The van der Waals surface area contributed by atoms with E-state index in [4.69, 9.17) is 4.74 Å². The summed E-state index contributed by atoms with van der Waals surface area (Å²) in [6, 6.07) is 12.2. The van der Waals surface area contributed by atoms with Gasteiger partial charge in [0, 0.05) is 31.0 Å². The molecule has 122 valence electrons. The maximum absolute atomic E-state index is 12.7. The van der Waals surface area contributed by atoms with Gasteiger partial charge < -0.3 is 9.64 Å². The molecule has 1 fully saturated rings. The number of benzene rings is 1. The summed E-state index contributed by atoms with van der Waals surface area (Å²) in [7, 11) is 0. The maximum Gasteiger partial charge on any atom is 0.273 e. The first kappa shape index (κ1) is 15.1. The van der Waals surface area contributed by atoms with E-state index in [1.54, 1.807) is 18.7 Å². The van der Waals surface area contributed by atoms with Crippen molar-refractivity contribution in [1.29, 1.82) is 0 Å². The van der Waals surface area contributed by atoms with Crippen LogP contribution in [0, 0.1) is 0 Å². The maximum atomic E-state index is 12.7. The number of anilines is 1. The van der Waals surface area contributed by atoms with Crippen molar-refractivity contribution in [2.45, 2.75) is 0 Å². The zero-order valence-corrected chi connectivity index (χ0v) is 13.9. The molecule has 24 heavy (non-hydrogen) atoms. The van der Waals surface area contributed by atoms with Gasteiger partial charge in [-0.3, -0.25) is 9.36 Å². The van der Waals surface area contributed by atoms with Crippen molar-refractivity contribution in [2.24, 2.45) is 0 Å². The number of carbonyl (C=O) groups excluding carboxylic acids is 1. The highest BCUT2D eigenvalue weighted by Crippen LogP contribution is 2.39. The van der Waals surface area contributed by atoms with Gasteiger partial charge in [-0.15, -0.1) is 11.3 Å². The Hall–Kier alpha value is -2.44. The third kappa shape index (κ3) is 2.86. The van der Waals surface area contributed by atoms with Crippen LogP contribution < -0.4 is 4.90 Å². The summed E-state index contributed by atoms with van der Waals surface area (Å²) in [5.74, 6) is -0.0470. The van der Waals surface area contributed by atoms with Gasteiger partial charge >= 0.3 is 0 Å². The molecule has 1 saturated heterocycles. The predicted octanol–water partition coefficient (Wildman–Crippen LogP) is 3.14. The number of hydrogen-bond donors (Lipinski definition) is 0. The Bertz CT molecular complexity index is 821. The number of carbonyl (C=O) groups is 1. The minimum absolute atomic E-state index is 0.0470. The molecule has 4 rings (SSSR count). The Kier molecular flexibility index (Phi) is 4.15. The van der Waals surface area contributed by atoms with Gasteiger partial charge in [0.05, 0.1) is 23.1 Å². The van der Waals surface area contributed by atoms with E-state index in [0.29, 0.717) is 4.88 Å². The lowest BCUT2D eigenvalue weighted by Gasteiger charge is -2.28. The first-order valence-electron chi connectivity index (χ1n) is 7.87. The Morgan fingerprint density at radius 2 is 1.96 bits per heavy atom. The second-order valence-corrected chi connectivity index (χ2v) is 6.60. The Morgan fingerprint density at radius 3 is 2.67 bits per heavy atom. The van der Waals surface area contributed by atoms with E-state index < -0.39 is 0 Å². The summed E-state index contributed by atoms with van der Waals surface area (Å²) in [5.41, 5.74) is 2.23. The molecule has 0 atom stereocenters. The number of morpholine rings is 1. The first-order valence-corrected chi connectivity index (χ1v) is 8.69. The van der Waals surface area contributed by atoms with Crippen molar-refractivity contribution < 1.29 is 9.53 Å². The molecule has 0 aliphatic carbocycles. The van der Waals surface area contributed by atoms with Crippen molar-refractivity contribution in [3.05, 3.63) is 60.0 Å². The topological polar surface area (TPSA) is 47.4 Å². The minimum atomic E-state index is -0.0470. The molecule has 1 aliphatic rings. The third-order valence-corrected chi connectivity index (χ3v) is 5.23. The van der Waals surface area contributed by atoms with Gasteiger partial charge in [0.2, 0.25) is 0 Å². The van der Waals surface area contributed by atoms with Gasteiger partial charge in [-0.05, 0) is 11.6 Å². The van der Waals surface area contributed by atoms with E-state index in [1.165, 1.54) is 15.9 Å². The minimum Gasteiger partial charge on any atom is -0.378 e. The zero-order valence-electron chi connectivity index (χ0n) is 13.1. The van der Waals surface area contributed by atoms with Crippen LogP contribution in [0.15, 0.2) is 55.1 Å². The van der Waals surface area contributed by atoms with Gasteiger partial charge in [-0.25, -0.2) is 4.98 Å². The lowest BCUT2D eigenvalue weighted by molar-refractivity contribution is 0.0964. The Morgan fingerprint density at radius 1 is 1.17 bits per heavy atom. The molecule has 3 heterocycles. The van der Waals surface area contributed by atoms with Gasteiger partial charge in [0.15, 0.2) is 0 Å². The van der Waals surface area contributed by atoms with E-state index in [1.807, 2.05) is 24.3 Å². The van der Waals surface area contributed by atoms with Crippen LogP contribution in [0.25, 0.3) is 11.1 Å². The molecule has 1 aliphatic heterocycles. The van der Waals surface area contributed by atoms with Crippen molar-refractivity contribution in [3.63, 3.8) is 0 Å². The van der Waals surface area contributed by atoms with E-state index in [2.05, 4.69) is 22.0 Å². The highest BCUT2D eigenvalue weighted by molar-refractivity contribution is 7.18. The fraction of sp³-hybridized carbons (Fsp3) is 0.222. The molecule has 1 aromatic carbocycles. The van der Waals surface area contributed by atoms with Crippen molar-refractivity contribution in [1.82, 2.24) is 9.55 Å². The molecule has 6 heteroatoms. The second kappa shape index (κ2) is 6.59. The molecule has 0 amide bonds. The van der Waals surface area contributed by atoms with Gasteiger partial charge in [0.1, 0.15) is 6.33 Å². The monoisotopic (exact) mass is 339 g/mol. The summed E-state index contributed by atoms with van der Waals surface area (Å²) >= 11 is 1.54. The number of aromatic nitrogens is 2. The molecule has 2 aromatic heterocycles. The molecule has 0 saturated carbocycles. The fourth-order valence-corrected chi connectivity index (χ4v) is 4.00. The van der Waals surface area contributed by atoms with E-state index >= 15 is 0 Å². The number of hydrogen-bond acceptors (Lipinski definition) is 5. The van der Waals surface area contributed by atoms with Gasteiger partial charge in [-0.1, -0.05) is 30.3 Å².